The van der Waals surface area contributed by atoms with E-state index >= 15 is 0 Å². The molecule has 0 aliphatic carbocycles. The molecular formula is C25H27N3O4. The predicted octanol–water partition coefficient (Wildman–Crippen LogP) is 5.27. The van der Waals surface area contributed by atoms with Gasteiger partial charge in [-0.25, -0.2) is 0 Å². The van der Waals surface area contributed by atoms with Crippen LogP contribution in [0, 0.1) is 16.7 Å². The van der Waals surface area contributed by atoms with Gasteiger partial charge in [0.05, 0.1) is 17.7 Å². The molecule has 0 saturated heterocycles. The van der Waals surface area contributed by atoms with Crippen molar-refractivity contribution < 1.29 is 19.1 Å². The Kier molecular flexibility index (Phi) is 6.54. The van der Waals surface area contributed by atoms with Crippen molar-refractivity contribution in [3.63, 3.8) is 0 Å². The fraction of sp³-hybridized carbons (Fsp3) is 0.320. The first-order chi connectivity index (χ1) is 15.1. The van der Waals surface area contributed by atoms with Crippen molar-refractivity contribution >= 4 is 28.5 Å². The van der Waals surface area contributed by atoms with E-state index in [1.165, 1.54) is 6.92 Å². The van der Waals surface area contributed by atoms with Crippen molar-refractivity contribution in [3.8, 4) is 11.8 Å². The van der Waals surface area contributed by atoms with E-state index in [1.54, 1.807) is 35.8 Å². The van der Waals surface area contributed by atoms with Gasteiger partial charge in [-0.15, -0.1) is 0 Å². The molecule has 0 aliphatic heterocycles. The summed E-state index contributed by atoms with van der Waals surface area (Å²) in [6, 6.07) is 16.3. The van der Waals surface area contributed by atoms with Gasteiger partial charge in [0.15, 0.2) is 6.23 Å². The number of hydrogen-bond donors (Lipinski definition) is 1. The van der Waals surface area contributed by atoms with Gasteiger partial charge in [0.2, 0.25) is 0 Å². The van der Waals surface area contributed by atoms with E-state index in [0.29, 0.717) is 29.3 Å². The smallest absolute Gasteiger partial charge is 0.304 e. The highest BCUT2D eigenvalue weighted by atomic mass is 16.6. The Morgan fingerprint density at radius 1 is 1.16 bits per heavy atom. The van der Waals surface area contributed by atoms with Gasteiger partial charge in [-0.05, 0) is 42.7 Å². The predicted molar refractivity (Wildman–Crippen MR) is 122 cm³/mol. The second-order valence-corrected chi connectivity index (χ2v) is 8.79. The number of esters is 1. The van der Waals surface area contributed by atoms with E-state index in [2.05, 4.69) is 11.4 Å². The zero-order chi connectivity index (χ0) is 23.5. The summed E-state index contributed by atoms with van der Waals surface area (Å²) in [5.41, 5.74) is 1.86. The standard InChI is InChI=1S/C25H27N3O4/c1-16(32-17(2)29)28-21-9-7-6-8-18(21)13-22(28)24(30)27-20-10-11-23(19(12-20)14-26)31-15-25(3,4)5/h6-13,16H,15H2,1-5H3,(H,27,30). The minimum Gasteiger partial charge on any atom is -0.492 e. The van der Waals surface area contributed by atoms with E-state index in [9.17, 15) is 14.9 Å². The number of nitrogens with zero attached hydrogens (tertiary/aromatic N) is 2. The van der Waals surface area contributed by atoms with E-state index in [1.807, 2.05) is 45.0 Å². The Balaban J connectivity index is 1.90. The van der Waals surface area contributed by atoms with E-state index in [-0.39, 0.29) is 11.3 Å². The van der Waals surface area contributed by atoms with Crippen LogP contribution in [0.1, 0.15) is 56.9 Å². The number of hydrogen-bond acceptors (Lipinski definition) is 5. The van der Waals surface area contributed by atoms with Gasteiger partial charge in [0, 0.05) is 18.0 Å². The summed E-state index contributed by atoms with van der Waals surface area (Å²) in [7, 11) is 0. The molecule has 0 fully saturated rings. The van der Waals surface area contributed by atoms with Crippen LogP contribution in [0.2, 0.25) is 0 Å². The summed E-state index contributed by atoms with van der Waals surface area (Å²) in [5.74, 6) is -0.350. The molecule has 0 spiro atoms. The third kappa shape index (κ3) is 5.27. The average Bonchev–Trinajstić information content (AvgIpc) is 3.11. The van der Waals surface area contributed by atoms with Gasteiger partial charge in [-0.1, -0.05) is 39.0 Å². The van der Waals surface area contributed by atoms with Crippen LogP contribution in [0.3, 0.4) is 0 Å². The number of benzene rings is 2. The molecule has 1 heterocycles. The molecule has 3 aromatic rings. The minimum atomic E-state index is -0.670. The number of anilines is 1. The van der Waals surface area contributed by atoms with Crippen LogP contribution in [-0.2, 0) is 9.53 Å². The Labute approximate surface area is 187 Å². The van der Waals surface area contributed by atoms with Gasteiger partial charge < -0.3 is 19.4 Å². The first-order valence-electron chi connectivity index (χ1n) is 10.3. The maximum Gasteiger partial charge on any atom is 0.304 e. The van der Waals surface area contributed by atoms with Crippen LogP contribution in [0.5, 0.6) is 5.75 Å². The average molecular weight is 434 g/mol. The van der Waals surface area contributed by atoms with Crippen molar-refractivity contribution in [3.05, 3.63) is 59.8 Å². The number of amides is 1. The van der Waals surface area contributed by atoms with Crippen molar-refractivity contribution in [2.75, 3.05) is 11.9 Å². The van der Waals surface area contributed by atoms with Crippen molar-refractivity contribution in [1.29, 1.82) is 5.26 Å². The summed E-state index contributed by atoms with van der Waals surface area (Å²) in [6.07, 6.45) is -0.670. The molecule has 1 N–H and O–H groups in total. The van der Waals surface area contributed by atoms with Gasteiger partial charge in [-0.2, -0.15) is 5.26 Å². The summed E-state index contributed by atoms with van der Waals surface area (Å²) in [5, 5.41) is 13.2. The van der Waals surface area contributed by atoms with Crippen LogP contribution >= 0.6 is 0 Å². The third-order valence-electron chi connectivity index (χ3n) is 4.70. The quantitative estimate of drug-likeness (QED) is 0.535. The molecule has 0 radical (unpaired) electrons. The summed E-state index contributed by atoms with van der Waals surface area (Å²) in [6.45, 7) is 9.63. The van der Waals surface area contributed by atoms with Gasteiger partial charge >= 0.3 is 5.97 Å². The lowest BCUT2D eigenvalue weighted by Gasteiger charge is -2.20. The molecule has 0 saturated carbocycles. The van der Waals surface area contributed by atoms with Gasteiger partial charge in [0.25, 0.3) is 5.91 Å². The molecule has 166 valence electrons. The first-order valence-corrected chi connectivity index (χ1v) is 10.3. The molecule has 7 nitrogen and oxygen atoms in total. The Morgan fingerprint density at radius 3 is 2.53 bits per heavy atom. The van der Waals surface area contributed by atoms with E-state index < -0.39 is 12.2 Å². The van der Waals surface area contributed by atoms with Crippen molar-refractivity contribution in [2.24, 2.45) is 5.41 Å². The Hall–Kier alpha value is -3.79. The van der Waals surface area contributed by atoms with Crippen LogP contribution < -0.4 is 10.1 Å². The number of ether oxygens (including phenoxy) is 2. The van der Waals surface area contributed by atoms with Crippen LogP contribution in [0.15, 0.2) is 48.5 Å². The monoisotopic (exact) mass is 433 g/mol. The van der Waals surface area contributed by atoms with Crippen molar-refractivity contribution in [2.45, 2.75) is 40.8 Å². The molecule has 2 aromatic carbocycles. The van der Waals surface area contributed by atoms with Gasteiger partial charge in [0.1, 0.15) is 17.5 Å². The lowest BCUT2D eigenvalue weighted by molar-refractivity contribution is -0.149. The van der Waals surface area contributed by atoms with Crippen molar-refractivity contribution in [1.82, 2.24) is 4.57 Å². The fourth-order valence-corrected chi connectivity index (χ4v) is 3.35. The molecule has 3 rings (SSSR count). The Bertz CT molecular complexity index is 1200. The summed E-state index contributed by atoms with van der Waals surface area (Å²) in [4.78, 5) is 24.6. The van der Waals surface area contributed by atoms with Gasteiger partial charge in [-0.3, -0.25) is 9.59 Å². The molecule has 32 heavy (non-hydrogen) atoms. The van der Waals surface area contributed by atoms with Crippen LogP contribution in [-0.4, -0.2) is 23.1 Å². The topological polar surface area (TPSA) is 93.3 Å². The molecule has 1 unspecified atom stereocenters. The number of para-hydroxylation sites is 1. The number of aromatic nitrogens is 1. The Morgan fingerprint density at radius 2 is 1.88 bits per heavy atom. The fourth-order valence-electron chi connectivity index (χ4n) is 3.35. The molecule has 0 aliphatic rings. The number of nitrogens with one attached hydrogen (secondary N) is 1. The van der Waals surface area contributed by atoms with Crippen LogP contribution in [0.4, 0.5) is 5.69 Å². The molecular weight excluding hydrogens is 406 g/mol. The molecule has 0 bridgehead atoms. The zero-order valence-electron chi connectivity index (χ0n) is 18.9. The largest absolute Gasteiger partial charge is 0.492 e. The minimum absolute atomic E-state index is 0.0499. The molecule has 1 atom stereocenters. The second-order valence-electron chi connectivity index (χ2n) is 8.79. The number of rotatable bonds is 6. The second kappa shape index (κ2) is 9.15. The number of fused-ring (bicyclic) bond motifs is 1. The highest BCUT2D eigenvalue weighted by Gasteiger charge is 2.21. The normalized spacial score (nSPS) is 12.1. The number of carbonyl (C=O) groups excluding carboxylic acids is 2. The van der Waals surface area contributed by atoms with E-state index in [0.717, 1.165) is 10.9 Å². The SMILES string of the molecule is CC(=O)OC(C)n1c(C(=O)Nc2ccc(OCC(C)(C)C)c(C#N)c2)cc2ccccc21. The first kappa shape index (κ1) is 22.9. The molecule has 7 heteroatoms. The summed E-state index contributed by atoms with van der Waals surface area (Å²) >= 11 is 0. The highest BCUT2D eigenvalue weighted by molar-refractivity contribution is 6.06. The lowest BCUT2D eigenvalue weighted by atomic mass is 9.98. The van der Waals surface area contributed by atoms with E-state index in [4.69, 9.17) is 9.47 Å². The third-order valence-corrected chi connectivity index (χ3v) is 4.70. The maximum atomic E-state index is 13.1. The highest BCUT2D eigenvalue weighted by Crippen LogP contribution is 2.28. The lowest BCUT2D eigenvalue weighted by Crippen LogP contribution is -2.21. The molecule has 1 amide bonds. The number of nitriles is 1. The number of carbonyl (C=O) groups is 2. The molecule has 1 aromatic heterocycles. The maximum absolute atomic E-state index is 13.1. The van der Waals surface area contributed by atoms with Crippen LogP contribution in [0.25, 0.3) is 10.9 Å². The zero-order valence-corrected chi connectivity index (χ0v) is 18.9. The summed E-state index contributed by atoms with van der Waals surface area (Å²) < 4.78 is 12.8.